The van der Waals surface area contributed by atoms with Gasteiger partial charge in [0.1, 0.15) is 5.75 Å². The predicted molar refractivity (Wildman–Crippen MR) is 144 cm³/mol. The lowest BCUT2D eigenvalue weighted by atomic mass is 10.1. The molecule has 0 bridgehead atoms. The molecule has 0 fully saturated rings. The minimum atomic E-state index is -2.83. The number of nitrogens with zero attached hydrogens (tertiary/aromatic N) is 2. The minimum absolute atomic E-state index is 0.0347. The van der Waals surface area contributed by atoms with E-state index in [0.717, 1.165) is 52.5 Å². The highest BCUT2D eigenvalue weighted by atomic mass is 19.3. The van der Waals surface area contributed by atoms with E-state index >= 15 is 0 Å². The number of hydrogen-bond acceptors (Lipinski definition) is 4. The van der Waals surface area contributed by atoms with Crippen molar-refractivity contribution >= 4 is 16.9 Å². The number of alkyl halides is 2. The molecule has 0 radical (unpaired) electrons. The Hall–Kier alpha value is -3.22. The van der Waals surface area contributed by atoms with Crippen LogP contribution in [-0.2, 0) is 22.4 Å². The monoisotopic (exact) mass is 512 g/mol. The number of carbonyl (C=O) groups is 1. The zero-order valence-corrected chi connectivity index (χ0v) is 22.4. The molecule has 0 saturated heterocycles. The maximum absolute atomic E-state index is 14.2. The van der Waals surface area contributed by atoms with Crippen molar-refractivity contribution in [2.24, 2.45) is 0 Å². The third-order valence-corrected chi connectivity index (χ3v) is 6.39. The highest BCUT2D eigenvalue weighted by Gasteiger charge is 2.27. The lowest BCUT2D eigenvalue weighted by Crippen LogP contribution is -2.18. The summed E-state index contributed by atoms with van der Waals surface area (Å²) < 4.78 is 41.2. The van der Waals surface area contributed by atoms with Gasteiger partial charge in [0, 0.05) is 53.4 Å². The Morgan fingerprint density at radius 2 is 1.81 bits per heavy atom. The zero-order valence-electron chi connectivity index (χ0n) is 22.4. The third-order valence-electron chi connectivity index (χ3n) is 6.39. The van der Waals surface area contributed by atoms with E-state index in [1.807, 2.05) is 18.2 Å². The number of esters is 1. The first-order valence-corrected chi connectivity index (χ1v) is 13.1. The van der Waals surface area contributed by atoms with E-state index in [1.54, 1.807) is 0 Å². The molecule has 3 rings (SSSR count). The summed E-state index contributed by atoms with van der Waals surface area (Å²) in [5.41, 5.74) is 5.47. The van der Waals surface area contributed by atoms with Crippen molar-refractivity contribution in [2.75, 3.05) is 13.2 Å². The molecule has 0 aliphatic rings. The van der Waals surface area contributed by atoms with Gasteiger partial charge in [-0.05, 0) is 69.9 Å². The number of fused-ring (bicyclic) bond motifs is 1. The van der Waals surface area contributed by atoms with Crippen LogP contribution < -0.4 is 4.74 Å². The molecule has 0 amide bonds. The number of aromatic nitrogens is 2. The van der Waals surface area contributed by atoms with E-state index < -0.39 is 11.9 Å². The van der Waals surface area contributed by atoms with Crippen LogP contribution in [0.2, 0.25) is 0 Å². The van der Waals surface area contributed by atoms with Gasteiger partial charge in [-0.2, -0.15) is 0 Å². The number of rotatable bonds is 14. The van der Waals surface area contributed by atoms with Gasteiger partial charge in [0.15, 0.2) is 0 Å². The van der Waals surface area contributed by atoms with Crippen molar-refractivity contribution in [3.63, 3.8) is 0 Å². The van der Waals surface area contributed by atoms with Gasteiger partial charge in [-0.25, -0.2) is 13.6 Å². The van der Waals surface area contributed by atoms with Crippen molar-refractivity contribution in [1.82, 2.24) is 9.55 Å². The van der Waals surface area contributed by atoms with Gasteiger partial charge in [0.2, 0.25) is 5.92 Å². The van der Waals surface area contributed by atoms with Crippen LogP contribution in [0, 0.1) is 0 Å². The highest BCUT2D eigenvalue weighted by Crippen LogP contribution is 2.35. The number of aryl methyl sites for hydroxylation is 2. The molecule has 0 unspecified atom stereocenters. The van der Waals surface area contributed by atoms with E-state index in [0.29, 0.717) is 5.75 Å². The Morgan fingerprint density at radius 1 is 1.08 bits per heavy atom. The zero-order chi connectivity index (χ0) is 27.0. The van der Waals surface area contributed by atoms with E-state index in [1.165, 1.54) is 0 Å². The summed E-state index contributed by atoms with van der Waals surface area (Å²) in [6, 6.07) is 12.6. The van der Waals surface area contributed by atoms with Gasteiger partial charge in [-0.3, -0.25) is 4.98 Å². The first kappa shape index (κ1) is 28.4. The number of hydrogen-bond donors (Lipinski definition) is 0. The molecule has 7 heteroatoms. The number of pyridine rings is 1. The Morgan fingerprint density at radius 3 is 2.46 bits per heavy atom. The van der Waals surface area contributed by atoms with Crippen LogP contribution in [0.25, 0.3) is 22.2 Å². The lowest BCUT2D eigenvalue weighted by Gasteiger charge is -2.18. The summed E-state index contributed by atoms with van der Waals surface area (Å²) in [5.74, 6) is -2.76. The van der Waals surface area contributed by atoms with Crippen LogP contribution in [-0.4, -0.2) is 34.7 Å². The molecule has 5 nitrogen and oxygen atoms in total. The summed E-state index contributed by atoms with van der Waals surface area (Å²) in [5, 5.41) is 1.10. The Labute approximate surface area is 218 Å². The average molecular weight is 513 g/mol. The number of halogens is 2. The summed E-state index contributed by atoms with van der Waals surface area (Å²) >= 11 is 0. The number of carbonyl (C=O) groups excluding carboxylic acids is 1. The van der Waals surface area contributed by atoms with Crippen LogP contribution in [0.3, 0.4) is 0 Å². The Bertz CT molecular complexity index is 1220. The molecular formula is C30H38F2N2O3. The smallest absolute Gasteiger partial charge is 0.330 e. The molecule has 2 aromatic heterocycles. The van der Waals surface area contributed by atoms with Gasteiger partial charge < -0.3 is 14.0 Å². The summed E-state index contributed by atoms with van der Waals surface area (Å²) in [7, 11) is 0. The second-order valence-corrected chi connectivity index (χ2v) is 9.50. The maximum atomic E-state index is 14.2. The van der Waals surface area contributed by atoms with Crippen molar-refractivity contribution in [2.45, 2.75) is 78.2 Å². The fourth-order valence-corrected chi connectivity index (χ4v) is 4.51. The summed E-state index contributed by atoms with van der Waals surface area (Å²) in [6.07, 6.45) is 2.49. The fraction of sp³-hybridized carbons (Fsp3) is 0.467. The van der Waals surface area contributed by atoms with E-state index in [4.69, 9.17) is 14.5 Å². The molecule has 0 saturated carbocycles. The van der Waals surface area contributed by atoms with Gasteiger partial charge in [-0.15, -0.1) is 0 Å². The summed E-state index contributed by atoms with van der Waals surface area (Å²) in [4.78, 5) is 15.9. The first-order chi connectivity index (χ1) is 17.7. The normalized spacial score (nSPS) is 11.8. The standard InChI is InChI=1S/C30H38F2N2O3/c1-6-23-12-14-25(26(7-2)33-23)28-19-22-11-13-24(20-27(22)34(28)21(4)5)36-17-9-15-30(31,32)16-10-18-37-29(35)8-3/h8,11-14,19-21H,3,6-7,9-10,15-18H2,1-2,4-5H3. The van der Waals surface area contributed by atoms with Crippen molar-refractivity contribution < 1.29 is 23.0 Å². The van der Waals surface area contributed by atoms with E-state index in [-0.39, 0.29) is 44.9 Å². The summed E-state index contributed by atoms with van der Waals surface area (Å²) in [6.45, 7) is 12.0. The van der Waals surface area contributed by atoms with Crippen LogP contribution in [0.5, 0.6) is 5.75 Å². The van der Waals surface area contributed by atoms with Gasteiger partial charge in [0.05, 0.1) is 24.4 Å². The number of ether oxygens (including phenoxy) is 2. The second kappa shape index (κ2) is 12.8. The average Bonchev–Trinajstić information content (AvgIpc) is 3.27. The largest absolute Gasteiger partial charge is 0.494 e. The molecule has 2 heterocycles. The van der Waals surface area contributed by atoms with E-state index in [9.17, 15) is 13.6 Å². The molecule has 0 N–H and O–H groups in total. The van der Waals surface area contributed by atoms with Crippen LogP contribution >= 0.6 is 0 Å². The quantitative estimate of drug-likeness (QED) is 0.126. The highest BCUT2D eigenvalue weighted by molar-refractivity contribution is 5.88. The number of benzene rings is 1. The molecule has 3 aromatic rings. The molecule has 0 spiro atoms. The minimum Gasteiger partial charge on any atom is -0.494 e. The van der Waals surface area contributed by atoms with Crippen LogP contribution in [0.4, 0.5) is 8.78 Å². The van der Waals surface area contributed by atoms with Crippen LogP contribution in [0.1, 0.15) is 70.8 Å². The fourth-order valence-electron chi connectivity index (χ4n) is 4.51. The Kier molecular flexibility index (Phi) is 9.84. The third kappa shape index (κ3) is 7.40. The van der Waals surface area contributed by atoms with Gasteiger partial charge in [0.25, 0.3) is 0 Å². The van der Waals surface area contributed by atoms with Crippen molar-refractivity contribution in [3.8, 4) is 17.0 Å². The molecule has 1 aromatic carbocycles. The topological polar surface area (TPSA) is 53.4 Å². The van der Waals surface area contributed by atoms with Gasteiger partial charge in [-0.1, -0.05) is 20.4 Å². The van der Waals surface area contributed by atoms with Crippen molar-refractivity contribution in [1.29, 1.82) is 0 Å². The Balaban J connectivity index is 1.68. The van der Waals surface area contributed by atoms with Crippen molar-refractivity contribution in [3.05, 3.63) is 60.4 Å². The lowest BCUT2D eigenvalue weighted by molar-refractivity contribution is -0.138. The van der Waals surface area contributed by atoms with E-state index in [2.05, 4.69) is 57.0 Å². The second-order valence-electron chi connectivity index (χ2n) is 9.50. The molecule has 200 valence electrons. The molecule has 37 heavy (non-hydrogen) atoms. The maximum Gasteiger partial charge on any atom is 0.330 e. The van der Waals surface area contributed by atoms with Crippen LogP contribution in [0.15, 0.2) is 49.1 Å². The predicted octanol–water partition coefficient (Wildman–Crippen LogP) is 7.71. The first-order valence-electron chi connectivity index (χ1n) is 13.1. The molecule has 0 aliphatic heterocycles. The molecule has 0 aliphatic carbocycles. The van der Waals surface area contributed by atoms with Gasteiger partial charge >= 0.3 is 5.97 Å². The SMILES string of the molecule is C=CC(=O)OCCCC(F)(F)CCCOc1ccc2cc(-c3ccc(CC)nc3CC)n(C(C)C)c2c1. The molecule has 0 atom stereocenters. The molecular weight excluding hydrogens is 474 g/mol.